The molecule has 0 fully saturated rings. The number of allylic oxidation sites excluding steroid dienone is 1. The highest BCUT2D eigenvalue weighted by Gasteiger charge is 2.35. The van der Waals surface area contributed by atoms with E-state index in [9.17, 15) is 0 Å². The maximum absolute atomic E-state index is 2.58. The quantitative estimate of drug-likeness (QED) is 0.168. The molecule has 0 radical (unpaired) electrons. The van der Waals surface area contributed by atoms with Gasteiger partial charge in [-0.25, -0.2) is 0 Å². The topological polar surface area (TPSA) is 9.86 Å². The molecule has 0 unspecified atom stereocenters. The van der Waals surface area contributed by atoms with Gasteiger partial charge in [-0.2, -0.15) is 0 Å². The Balaban J connectivity index is 1.01. The van der Waals surface area contributed by atoms with Gasteiger partial charge in [0.1, 0.15) is 0 Å². The third kappa shape index (κ3) is 4.75. The summed E-state index contributed by atoms with van der Waals surface area (Å²) in [4.78, 5) is 0. The van der Waals surface area contributed by atoms with E-state index in [4.69, 9.17) is 0 Å². The summed E-state index contributed by atoms with van der Waals surface area (Å²) in [6.45, 7) is 4.77. The van der Waals surface area contributed by atoms with Gasteiger partial charge in [0, 0.05) is 69.9 Å². The summed E-state index contributed by atoms with van der Waals surface area (Å²) in [7, 11) is 0. The van der Waals surface area contributed by atoms with Crippen LogP contribution < -0.4 is 0 Å². The Morgan fingerprint density at radius 1 is 0.467 bits per heavy atom. The lowest BCUT2D eigenvalue weighted by atomic mass is 9.81. The van der Waals surface area contributed by atoms with Crippen molar-refractivity contribution in [1.82, 2.24) is 9.13 Å². The summed E-state index contributed by atoms with van der Waals surface area (Å²) in [6, 6.07) is 63.8. The largest absolute Gasteiger partial charge is 0.313 e. The number of fused-ring (bicyclic) bond motifs is 12. The van der Waals surface area contributed by atoms with Crippen LogP contribution in [0, 0.1) is 0 Å². The van der Waals surface area contributed by atoms with Gasteiger partial charge in [0.15, 0.2) is 0 Å². The Kier molecular flexibility index (Phi) is 7.10. The fourth-order valence-electron chi connectivity index (χ4n) is 10.7. The van der Waals surface area contributed by atoms with Crippen LogP contribution in [0.5, 0.6) is 0 Å². The molecule has 0 atom stereocenters. The number of hydrogen-bond donors (Lipinski definition) is 0. The molecule has 0 N–H and O–H groups in total. The Morgan fingerprint density at radius 3 is 2.02 bits per heavy atom. The van der Waals surface area contributed by atoms with Gasteiger partial charge in [-0.3, -0.25) is 0 Å². The van der Waals surface area contributed by atoms with Crippen molar-refractivity contribution >= 4 is 70.3 Å². The number of nitrogens with zero attached hydrogens (tertiary/aromatic N) is 2. The molecule has 13 rings (SSSR count). The number of para-hydroxylation sites is 2. The summed E-state index contributed by atoms with van der Waals surface area (Å²) < 4.78 is 7.65. The molecule has 3 heterocycles. The first-order valence-electron chi connectivity index (χ1n) is 21.1. The van der Waals surface area contributed by atoms with Crippen LogP contribution in [0.1, 0.15) is 42.7 Å². The van der Waals surface area contributed by atoms with Crippen molar-refractivity contribution in [2.24, 2.45) is 0 Å². The van der Waals surface area contributed by atoms with Crippen LogP contribution in [0.3, 0.4) is 0 Å². The SMILES string of the molecule is CC1(C)c2ccccc2-c2ccc(-c3cc(-n4c5c(c6cc(-c7ccc8c(c7)c7ccccc7n8-c7ccccc7)ccc64)C=CCC5)cc4c3sc3ccccc34)cc21. The summed E-state index contributed by atoms with van der Waals surface area (Å²) in [5.74, 6) is 0. The minimum absolute atomic E-state index is 0.0674. The van der Waals surface area contributed by atoms with E-state index in [1.165, 1.54) is 120 Å². The van der Waals surface area contributed by atoms with Gasteiger partial charge in [0.25, 0.3) is 0 Å². The van der Waals surface area contributed by atoms with Crippen LogP contribution in [0.4, 0.5) is 0 Å². The van der Waals surface area contributed by atoms with E-state index in [0.717, 1.165) is 12.8 Å². The van der Waals surface area contributed by atoms with Gasteiger partial charge in [-0.15, -0.1) is 11.3 Å². The van der Waals surface area contributed by atoms with Crippen molar-refractivity contribution in [3.63, 3.8) is 0 Å². The van der Waals surface area contributed by atoms with Crippen LogP contribution in [0.25, 0.3) is 104 Å². The molecule has 2 aliphatic carbocycles. The molecule has 60 heavy (non-hydrogen) atoms. The van der Waals surface area contributed by atoms with Crippen molar-refractivity contribution in [2.75, 3.05) is 0 Å². The number of rotatable bonds is 4. The molecule has 2 aliphatic rings. The molecule has 284 valence electrons. The lowest BCUT2D eigenvalue weighted by Crippen LogP contribution is -2.14. The minimum Gasteiger partial charge on any atom is -0.313 e. The molecular formula is C57H40N2S. The fraction of sp³-hybridized carbons (Fsp3) is 0.0877. The van der Waals surface area contributed by atoms with Gasteiger partial charge in [-0.05, 0) is 119 Å². The lowest BCUT2D eigenvalue weighted by molar-refractivity contribution is 0.660. The molecule has 0 amide bonds. The van der Waals surface area contributed by atoms with Crippen LogP contribution in [-0.4, -0.2) is 9.13 Å². The standard InChI is InChI=1S/C57H40N2S/c1-57(2)49-20-10-6-16-40(49)41-27-24-37(32-50(41)57)45-33-39(34-48-44-19-9-13-23-55(44)60-56(45)48)59-52-22-12-8-18-43(52)47-31-36(26-29-54(47)59)35-25-28-53-46(30-35)42-17-7-11-21-51(42)58(53)38-14-4-3-5-15-38/h3-11,13-21,23-34H,12,22H2,1-2H3. The average molecular weight is 785 g/mol. The first kappa shape index (κ1) is 34.0. The van der Waals surface area contributed by atoms with Crippen LogP contribution >= 0.6 is 11.3 Å². The van der Waals surface area contributed by atoms with Crippen LogP contribution in [0.2, 0.25) is 0 Å². The molecule has 8 aromatic carbocycles. The highest BCUT2D eigenvalue weighted by Crippen LogP contribution is 2.51. The normalized spacial score (nSPS) is 14.1. The number of benzene rings is 8. The molecule has 2 nitrogen and oxygen atoms in total. The molecule has 0 aliphatic heterocycles. The summed E-state index contributed by atoms with van der Waals surface area (Å²) in [6.07, 6.45) is 6.77. The molecule has 3 heteroatoms. The second-order valence-electron chi connectivity index (χ2n) is 17.2. The maximum Gasteiger partial charge on any atom is 0.0541 e. The zero-order valence-corrected chi connectivity index (χ0v) is 34.4. The smallest absolute Gasteiger partial charge is 0.0541 e. The number of aromatic nitrogens is 2. The van der Waals surface area contributed by atoms with Crippen molar-refractivity contribution in [3.05, 3.63) is 198 Å². The van der Waals surface area contributed by atoms with Crippen molar-refractivity contribution < 1.29 is 0 Å². The Labute approximate surface area is 352 Å². The van der Waals surface area contributed by atoms with E-state index < -0.39 is 0 Å². The highest BCUT2D eigenvalue weighted by atomic mass is 32.1. The molecule has 11 aromatic rings. The number of hydrogen-bond acceptors (Lipinski definition) is 1. The monoisotopic (exact) mass is 784 g/mol. The van der Waals surface area contributed by atoms with Gasteiger partial charge in [-0.1, -0.05) is 129 Å². The van der Waals surface area contributed by atoms with Crippen molar-refractivity contribution in [3.8, 4) is 44.8 Å². The van der Waals surface area contributed by atoms with Crippen molar-refractivity contribution in [1.29, 1.82) is 0 Å². The van der Waals surface area contributed by atoms with E-state index in [2.05, 4.69) is 205 Å². The molecule has 0 spiro atoms. The van der Waals surface area contributed by atoms with Gasteiger partial charge in [0.2, 0.25) is 0 Å². The first-order valence-corrected chi connectivity index (χ1v) is 22.0. The predicted octanol–water partition coefficient (Wildman–Crippen LogP) is 15.7. The van der Waals surface area contributed by atoms with E-state index >= 15 is 0 Å². The third-order valence-electron chi connectivity index (χ3n) is 13.6. The van der Waals surface area contributed by atoms with Gasteiger partial charge >= 0.3 is 0 Å². The third-order valence-corrected chi connectivity index (χ3v) is 14.8. The summed E-state index contributed by atoms with van der Waals surface area (Å²) >= 11 is 1.92. The molecule has 3 aromatic heterocycles. The summed E-state index contributed by atoms with van der Waals surface area (Å²) in [5, 5.41) is 6.50. The fourth-order valence-corrected chi connectivity index (χ4v) is 12.0. The van der Waals surface area contributed by atoms with E-state index in [-0.39, 0.29) is 5.41 Å². The average Bonchev–Trinajstić information content (AvgIpc) is 4.01. The minimum atomic E-state index is -0.0674. The van der Waals surface area contributed by atoms with Crippen molar-refractivity contribution in [2.45, 2.75) is 32.1 Å². The molecular weight excluding hydrogens is 745 g/mol. The lowest BCUT2D eigenvalue weighted by Gasteiger charge is -2.22. The molecule has 0 saturated heterocycles. The maximum atomic E-state index is 2.58. The molecule has 0 bridgehead atoms. The van der Waals surface area contributed by atoms with Crippen LogP contribution in [-0.2, 0) is 11.8 Å². The molecule has 0 saturated carbocycles. The Hall–Kier alpha value is -6.94. The predicted molar refractivity (Wildman–Crippen MR) is 256 cm³/mol. The van der Waals surface area contributed by atoms with Gasteiger partial charge in [0.05, 0.1) is 16.6 Å². The first-order chi connectivity index (χ1) is 29.5. The van der Waals surface area contributed by atoms with E-state index in [0.29, 0.717) is 0 Å². The Bertz CT molecular complexity index is 3630. The summed E-state index contributed by atoms with van der Waals surface area (Å²) in [5.41, 5.74) is 19.4. The van der Waals surface area contributed by atoms with Crippen LogP contribution in [0.15, 0.2) is 176 Å². The highest BCUT2D eigenvalue weighted by molar-refractivity contribution is 7.26. The zero-order valence-electron chi connectivity index (χ0n) is 33.5. The van der Waals surface area contributed by atoms with E-state index in [1.54, 1.807) is 0 Å². The second kappa shape index (κ2) is 12.5. The Morgan fingerprint density at radius 2 is 1.15 bits per heavy atom. The number of thiophene rings is 1. The van der Waals surface area contributed by atoms with E-state index in [1.807, 2.05) is 11.3 Å². The second-order valence-corrected chi connectivity index (χ2v) is 18.2. The van der Waals surface area contributed by atoms with Gasteiger partial charge < -0.3 is 9.13 Å². The zero-order chi connectivity index (χ0) is 39.7.